The second-order valence-electron chi connectivity index (χ2n) is 4.11. The standard InChI is InChI=1S/C15H14N2O4S/c1-19-8-11(15(18)20-2)10-5-3-4-6-12(10)21-13-7-14(22)17-9-16-13/h3-9H,1-2H3,(H,16,17,22)/b11-8+. The number of nitrogens with zero attached hydrogens (tertiary/aromatic N) is 1. The van der Waals surface area contributed by atoms with Crippen LogP contribution in [0.3, 0.4) is 0 Å². The largest absolute Gasteiger partial charge is 0.503 e. The van der Waals surface area contributed by atoms with Crippen molar-refractivity contribution in [1.29, 1.82) is 0 Å². The Morgan fingerprint density at radius 2 is 2.09 bits per heavy atom. The van der Waals surface area contributed by atoms with Crippen molar-refractivity contribution in [1.82, 2.24) is 9.97 Å². The van der Waals surface area contributed by atoms with Gasteiger partial charge in [-0.15, -0.1) is 0 Å². The lowest BCUT2D eigenvalue weighted by Crippen LogP contribution is -2.06. The highest BCUT2D eigenvalue weighted by Crippen LogP contribution is 2.30. The molecule has 0 saturated carbocycles. The number of esters is 1. The fourth-order valence-electron chi connectivity index (χ4n) is 1.76. The number of carbonyl (C=O) groups is 1. The molecule has 0 amide bonds. The van der Waals surface area contributed by atoms with E-state index in [0.717, 1.165) is 0 Å². The van der Waals surface area contributed by atoms with Crippen molar-refractivity contribution in [3.63, 3.8) is 0 Å². The van der Waals surface area contributed by atoms with Gasteiger partial charge in [0.2, 0.25) is 5.88 Å². The van der Waals surface area contributed by atoms with Crippen LogP contribution in [-0.2, 0) is 14.3 Å². The minimum atomic E-state index is -0.527. The molecule has 0 aliphatic rings. The molecule has 114 valence electrons. The highest BCUT2D eigenvalue weighted by Gasteiger charge is 2.18. The lowest BCUT2D eigenvalue weighted by molar-refractivity contribution is -0.133. The van der Waals surface area contributed by atoms with Crippen molar-refractivity contribution in [2.45, 2.75) is 0 Å². The van der Waals surface area contributed by atoms with Crippen molar-refractivity contribution in [3.05, 3.63) is 53.1 Å². The van der Waals surface area contributed by atoms with Gasteiger partial charge in [-0.25, -0.2) is 9.78 Å². The normalized spacial score (nSPS) is 10.9. The van der Waals surface area contributed by atoms with E-state index in [9.17, 15) is 4.79 Å². The van der Waals surface area contributed by atoms with Gasteiger partial charge in [0.25, 0.3) is 0 Å². The van der Waals surface area contributed by atoms with Crippen LogP contribution in [0.4, 0.5) is 0 Å². The molecule has 0 spiro atoms. The number of nitrogens with one attached hydrogen (secondary N) is 1. The number of carbonyl (C=O) groups excluding carboxylic acids is 1. The van der Waals surface area contributed by atoms with Crippen LogP contribution in [-0.4, -0.2) is 30.2 Å². The van der Waals surface area contributed by atoms with Crippen LogP contribution in [0.15, 0.2) is 42.9 Å². The maximum atomic E-state index is 11.9. The molecule has 0 fully saturated rings. The molecular formula is C15H14N2O4S. The Labute approximate surface area is 132 Å². The monoisotopic (exact) mass is 318 g/mol. The summed E-state index contributed by atoms with van der Waals surface area (Å²) in [5.74, 6) is 0.336. The average Bonchev–Trinajstić information content (AvgIpc) is 2.53. The van der Waals surface area contributed by atoms with E-state index < -0.39 is 5.97 Å². The Bertz CT molecular complexity index is 755. The van der Waals surface area contributed by atoms with Crippen molar-refractivity contribution in [2.75, 3.05) is 14.2 Å². The van der Waals surface area contributed by atoms with Gasteiger partial charge in [0.05, 0.1) is 26.8 Å². The maximum Gasteiger partial charge on any atom is 0.341 e. The molecule has 2 rings (SSSR count). The summed E-state index contributed by atoms with van der Waals surface area (Å²) in [6.07, 6.45) is 2.75. The lowest BCUT2D eigenvalue weighted by atomic mass is 10.1. The van der Waals surface area contributed by atoms with Crippen molar-refractivity contribution in [2.24, 2.45) is 0 Å². The summed E-state index contributed by atoms with van der Waals surface area (Å²) in [7, 11) is 2.75. The molecule has 1 aromatic heterocycles. The van der Waals surface area contributed by atoms with Crippen molar-refractivity contribution >= 4 is 23.8 Å². The van der Waals surface area contributed by atoms with Gasteiger partial charge < -0.3 is 19.2 Å². The minimum absolute atomic E-state index is 0.244. The molecule has 0 unspecified atom stereocenters. The summed E-state index contributed by atoms with van der Waals surface area (Å²) >= 11 is 4.99. The van der Waals surface area contributed by atoms with Gasteiger partial charge in [-0.1, -0.05) is 30.4 Å². The quantitative estimate of drug-likeness (QED) is 0.395. The highest BCUT2D eigenvalue weighted by molar-refractivity contribution is 7.71. The summed E-state index contributed by atoms with van der Waals surface area (Å²) in [4.78, 5) is 18.6. The number of aromatic nitrogens is 2. The first-order valence-corrected chi connectivity index (χ1v) is 6.69. The molecule has 0 bridgehead atoms. The molecule has 0 atom stereocenters. The Morgan fingerprint density at radius 1 is 1.32 bits per heavy atom. The Balaban J connectivity index is 2.43. The van der Waals surface area contributed by atoms with E-state index in [-0.39, 0.29) is 5.57 Å². The summed E-state index contributed by atoms with van der Waals surface area (Å²) < 4.78 is 15.9. The van der Waals surface area contributed by atoms with Crippen LogP contribution in [0.2, 0.25) is 0 Å². The fourth-order valence-corrected chi connectivity index (χ4v) is 1.92. The van der Waals surface area contributed by atoms with E-state index in [1.165, 1.54) is 26.8 Å². The SMILES string of the molecule is CO/C=C(/C(=O)OC)c1ccccc1Oc1cc(=S)nc[nH]1. The third-order valence-corrected chi connectivity index (χ3v) is 2.91. The molecule has 0 aliphatic heterocycles. The van der Waals surface area contributed by atoms with Crippen LogP contribution >= 0.6 is 12.2 Å². The summed E-state index contributed by atoms with van der Waals surface area (Å²) in [5, 5.41) is 0. The van der Waals surface area contributed by atoms with Gasteiger partial charge in [0.1, 0.15) is 16.0 Å². The topological polar surface area (TPSA) is 73.4 Å². The highest BCUT2D eigenvalue weighted by atomic mass is 32.1. The summed E-state index contributed by atoms with van der Waals surface area (Å²) in [5.41, 5.74) is 0.778. The van der Waals surface area contributed by atoms with Crippen molar-refractivity contribution in [3.8, 4) is 11.6 Å². The lowest BCUT2D eigenvalue weighted by Gasteiger charge is -2.12. The van der Waals surface area contributed by atoms with E-state index in [1.54, 1.807) is 30.3 Å². The molecule has 0 saturated heterocycles. The number of para-hydroxylation sites is 1. The third-order valence-electron chi connectivity index (χ3n) is 2.69. The van der Waals surface area contributed by atoms with Crippen LogP contribution < -0.4 is 4.74 Å². The Morgan fingerprint density at radius 3 is 2.77 bits per heavy atom. The number of benzene rings is 1. The number of ether oxygens (including phenoxy) is 3. The van der Waals surface area contributed by atoms with Gasteiger partial charge in [-0.05, 0) is 6.07 Å². The summed E-state index contributed by atoms with van der Waals surface area (Å²) in [6.45, 7) is 0. The van der Waals surface area contributed by atoms with Crippen LogP contribution in [0.5, 0.6) is 11.6 Å². The molecule has 0 radical (unpaired) electrons. The fraction of sp³-hybridized carbons (Fsp3) is 0.133. The summed E-state index contributed by atoms with van der Waals surface area (Å²) in [6, 6.07) is 8.59. The molecule has 1 aromatic carbocycles. The van der Waals surface area contributed by atoms with E-state index in [0.29, 0.717) is 21.8 Å². The zero-order valence-electron chi connectivity index (χ0n) is 12.0. The third kappa shape index (κ3) is 3.70. The smallest absolute Gasteiger partial charge is 0.341 e. The second kappa shape index (κ2) is 7.37. The first-order valence-electron chi connectivity index (χ1n) is 6.29. The number of hydrogen-bond acceptors (Lipinski definition) is 6. The van der Waals surface area contributed by atoms with E-state index >= 15 is 0 Å². The number of rotatable bonds is 5. The second-order valence-corrected chi connectivity index (χ2v) is 4.52. The number of methoxy groups -OCH3 is 2. The maximum absolute atomic E-state index is 11.9. The molecular weight excluding hydrogens is 304 g/mol. The molecule has 6 nitrogen and oxygen atoms in total. The number of aromatic amines is 1. The molecule has 1 heterocycles. The number of hydrogen-bond donors (Lipinski definition) is 1. The zero-order chi connectivity index (χ0) is 15.9. The van der Waals surface area contributed by atoms with Crippen LogP contribution in [0, 0.1) is 4.64 Å². The average molecular weight is 318 g/mol. The zero-order valence-corrected chi connectivity index (χ0v) is 12.8. The van der Waals surface area contributed by atoms with Gasteiger partial charge in [0.15, 0.2) is 0 Å². The predicted molar refractivity (Wildman–Crippen MR) is 82.9 cm³/mol. The van der Waals surface area contributed by atoms with Gasteiger partial charge in [-0.2, -0.15) is 0 Å². The Hall–Kier alpha value is -2.67. The first-order chi connectivity index (χ1) is 10.7. The van der Waals surface area contributed by atoms with E-state index in [2.05, 4.69) is 9.97 Å². The van der Waals surface area contributed by atoms with Crippen LogP contribution in [0.25, 0.3) is 5.57 Å². The number of H-pyrrole nitrogens is 1. The molecule has 22 heavy (non-hydrogen) atoms. The van der Waals surface area contributed by atoms with Gasteiger partial charge in [0, 0.05) is 11.6 Å². The Kier molecular flexibility index (Phi) is 5.26. The minimum Gasteiger partial charge on any atom is -0.503 e. The molecule has 1 N–H and O–H groups in total. The van der Waals surface area contributed by atoms with Crippen molar-refractivity contribution < 1.29 is 19.0 Å². The molecule has 0 aliphatic carbocycles. The van der Waals surface area contributed by atoms with E-state index in [4.69, 9.17) is 26.4 Å². The van der Waals surface area contributed by atoms with E-state index in [1.807, 2.05) is 0 Å². The molecule has 2 aromatic rings. The first kappa shape index (κ1) is 15.7. The van der Waals surface area contributed by atoms with Crippen LogP contribution in [0.1, 0.15) is 5.56 Å². The molecule has 7 heteroatoms. The predicted octanol–water partition coefficient (Wildman–Crippen LogP) is 3.09. The van der Waals surface area contributed by atoms with Gasteiger partial charge in [-0.3, -0.25) is 0 Å². The van der Waals surface area contributed by atoms with Gasteiger partial charge >= 0.3 is 5.97 Å².